The zero-order chi connectivity index (χ0) is 17.8. The van der Waals surface area contributed by atoms with E-state index in [1.165, 1.54) is 16.5 Å². The monoisotopic (exact) mass is 375 g/mol. The smallest absolute Gasteiger partial charge is 0.0595 e. The maximum atomic E-state index is 6.16. The van der Waals surface area contributed by atoms with Crippen LogP contribution in [-0.4, -0.2) is 36.7 Å². The lowest BCUT2D eigenvalue weighted by Gasteiger charge is -2.09. The van der Waals surface area contributed by atoms with Crippen LogP contribution in [0.5, 0.6) is 0 Å². The van der Waals surface area contributed by atoms with Crippen molar-refractivity contribution < 1.29 is 0 Å². The largest absolute Gasteiger partial charge is 0.343 e. The van der Waals surface area contributed by atoms with Crippen LogP contribution in [0.15, 0.2) is 48.7 Å². The summed E-state index contributed by atoms with van der Waals surface area (Å²) < 4.78 is 2.28. The van der Waals surface area contributed by atoms with E-state index in [0.29, 0.717) is 10.0 Å². The summed E-state index contributed by atoms with van der Waals surface area (Å²) in [7, 11) is 4.18. The van der Waals surface area contributed by atoms with Crippen molar-refractivity contribution >= 4 is 34.1 Å². The summed E-state index contributed by atoms with van der Waals surface area (Å²) in [4.78, 5) is 2.18. The normalized spacial score (nSPS) is 11.6. The first-order valence-corrected chi connectivity index (χ1v) is 9.16. The summed E-state index contributed by atoms with van der Waals surface area (Å²) >= 11 is 12.2. The van der Waals surface area contributed by atoms with Crippen LogP contribution in [0.25, 0.3) is 10.9 Å². The van der Waals surface area contributed by atoms with Gasteiger partial charge in [-0.25, -0.2) is 0 Å². The standard InChI is InChI=1S/C20H23Cl2N3/c1-24(2)10-9-23-12-16-14-25(20-6-4-3-5-17(16)20)13-15-7-8-18(21)19(22)11-15/h3-8,11,14,23H,9-10,12-13H2,1-2H3. The maximum absolute atomic E-state index is 6.16. The molecule has 0 saturated heterocycles. The molecule has 0 amide bonds. The predicted octanol–water partition coefficient (Wildman–Crippen LogP) is 4.65. The van der Waals surface area contributed by atoms with E-state index in [1.54, 1.807) is 0 Å². The average Bonchev–Trinajstić information content (AvgIpc) is 2.93. The highest BCUT2D eigenvalue weighted by molar-refractivity contribution is 6.42. The van der Waals surface area contributed by atoms with Gasteiger partial charge in [0, 0.05) is 43.3 Å². The lowest BCUT2D eigenvalue weighted by atomic mass is 10.2. The molecule has 1 aromatic heterocycles. The van der Waals surface area contributed by atoms with Gasteiger partial charge < -0.3 is 14.8 Å². The molecule has 0 aliphatic carbocycles. The number of hydrogen-bond acceptors (Lipinski definition) is 2. The number of para-hydroxylation sites is 1. The van der Waals surface area contributed by atoms with Crippen molar-refractivity contribution in [2.45, 2.75) is 13.1 Å². The average molecular weight is 376 g/mol. The molecule has 0 aliphatic heterocycles. The fraction of sp³-hybridized carbons (Fsp3) is 0.300. The molecule has 0 atom stereocenters. The van der Waals surface area contributed by atoms with Crippen molar-refractivity contribution in [3.8, 4) is 0 Å². The zero-order valence-corrected chi connectivity index (χ0v) is 16.1. The summed E-state index contributed by atoms with van der Waals surface area (Å²) in [5.74, 6) is 0. The van der Waals surface area contributed by atoms with E-state index in [9.17, 15) is 0 Å². The number of halogens is 2. The number of fused-ring (bicyclic) bond motifs is 1. The first-order valence-electron chi connectivity index (χ1n) is 8.40. The van der Waals surface area contributed by atoms with Gasteiger partial charge in [-0.05, 0) is 43.4 Å². The zero-order valence-electron chi connectivity index (χ0n) is 14.6. The van der Waals surface area contributed by atoms with E-state index in [4.69, 9.17) is 23.2 Å². The first-order chi connectivity index (χ1) is 12.0. The van der Waals surface area contributed by atoms with Gasteiger partial charge in [0.05, 0.1) is 10.0 Å². The van der Waals surface area contributed by atoms with Gasteiger partial charge in [0.25, 0.3) is 0 Å². The minimum absolute atomic E-state index is 0.591. The Kier molecular flexibility index (Phi) is 6.02. The second-order valence-corrected chi connectivity index (χ2v) is 7.34. The van der Waals surface area contributed by atoms with Crippen LogP contribution in [0.1, 0.15) is 11.1 Å². The Morgan fingerprint density at radius 1 is 1.04 bits per heavy atom. The van der Waals surface area contributed by atoms with Gasteiger partial charge in [0.1, 0.15) is 0 Å². The van der Waals surface area contributed by atoms with Crippen LogP contribution >= 0.6 is 23.2 Å². The summed E-state index contributed by atoms with van der Waals surface area (Å²) in [6.07, 6.45) is 2.23. The number of nitrogens with one attached hydrogen (secondary N) is 1. The first kappa shape index (κ1) is 18.3. The molecular weight excluding hydrogens is 353 g/mol. The summed E-state index contributed by atoms with van der Waals surface area (Å²) in [6, 6.07) is 14.3. The molecular formula is C20H23Cl2N3. The second-order valence-electron chi connectivity index (χ2n) is 6.53. The van der Waals surface area contributed by atoms with Crippen molar-refractivity contribution in [2.75, 3.05) is 27.2 Å². The molecule has 0 fully saturated rings. The number of rotatable bonds is 7. The van der Waals surface area contributed by atoms with Crippen LogP contribution < -0.4 is 5.32 Å². The molecule has 0 saturated carbocycles. The lowest BCUT2D eigenvalue weighted by molar-refractivity contribution is 0.400. The Labute approximate surface area is 159 Å². The maximum Gasteiger partial charge on any atom is 0.0595 e. The molecule has 25 heavy (non-hydrogen) atoms. The summed E-state index contributed by atoms with van der Waals surface area (Å²) in [5, 5.41) is 6.01. The SMILES string of the molecule is CN(C)CCNCc1cn(Cc2ccc(Cl)c(Cl)c2)c2ccccc12. The third-order valence-electron chi connectivity index (χ3n) is 4.26. The predicted molar refractivity (Wildman–Crippen MR) is 108 cm³/mol. The van der Waals surface area contributed by atoms with E-state index in [1.807, 2.05) is 18.2 Å². The molecule has 0 unspecified atom stereocenters. The molecule has 0 spiro atoms. The summed E-state index contributed by atoms with van der Waals surface area (Å²) in [6.45, 7) is 3.64. The minimum Gasteiger partial charge on any atom is -0.343 e. The van der Waals surface area contributed by atoms with Crippen molar-refractivity contribution in [1.82, 2.24) is 14.8 Å². The van der Waals surface area contributed by atoms with Crippen LogP contribution in [-0.2, 0) is 13.1 Å². The third-order valence-corrected chi connectivity index (χ3v) is 5.00. The van der Waals surface area contributed by atoms with Crippen molar-refractivity contribution in [3.63, 3.8) is 0 Å². The molecule has 5 heteroatoms. The Hall–Kier alpha value is -1.52. The highest BCUT2D eigenvalue weighted by atomic mass is 35.5. The Morgan fingerprint density at radius 2 is 1.84 bits per heavy atom. The van der Waals surface area contributed by atoms with Crippen LogP contribution in [0.3, 0.4) is 0 Å². The summed E-state index contributed by atoms with van der Waals surface area (Å²) in [5.41, 5.74) is 3.69. The van der Waals surface area contributed by atoms with Gasteiger partial charge in [-0.1, -0.05) is 47.5 Å². The number of likely N-dealkylation sites (N-methyl/N-ethyl adjacent to an activating group) is 1. The lowest BCUT2D eigenvalue weighted by Crippen LogP contribution is -2.26. The molecule has 3 nitrogen and oxygen atoms in total. The van der Waals surface area contributed by atoms with Gasteiger partial charge >= 0.3 is 0 Å². The number of benzene rings is 2. The Bertz CT molecular complexity index is 855. The van der Waals surface area contributed by atoms with E-state index in [0.717, 1.165) is 31.7 Å². The van der Waals surface area contributed by atoms with Gasteiger partial charge in [-0.15, -0.1) is 0 Å². The molecule has 3 aromatic rings. The van der Waals surface area contributed by atoms with Crippen LogP contribution in [0.4, 0.5) is 0 Å². The molecule has 1 heterocycles. The Balaban J connectivity index is 1.81. The van der Waals surface area contributed by atoms with Crippen LogP contribution in [0, 0.1) is 0 Å². The van der Waals surface area contributed by atoms with Gasteiger partial charge in [0.15, 0.2) is 0 Å². The highest BCUT2D eigenvalue weighted by Crippen LogP contribution is 2.26. The molecule has 2 aromatic carbocycles. The second kappa shape index (κ2) is 8.24. The molecule has 132 valence electrons. The van der Waals surface area contributed by atoms with E-state index in [-0.39, 0.29) is 0 Å². The van der Waals surface area contributed by atoms with E-state index in [2.05, 4.69) is 59.3 Å². The fourth-order valence-corrected chi connectivity index (χ4v) is 3.28. The Morgan fingerprint density at radius 3 is 2.60 bits per heavy atom. The number of aromatic nitrogens is 1. The third kappa shape index (κ3) is 4.56. The fourth-order valence-electron chi connectivity index (χ4n) is 2.95. The molecule has 3 rings (SSSR count). The van der Waals surface area contributed by atoms with Gasteiger partial charge in [-0.3, -0.25) is 0 Å². The molecule has 0 bridgehead atoms. The van der Waals surface area contributed by atoms with Gasteiger partial charge in [-0.2, -0.15) is 0 Å². The van der Waals surface area contributed by atoms with Crippen LogP contribution in [0.2, 0.25) is 10.0 Å². The van der Waals surface area contributed by atoms with E-state index >= 15 is 0 Å². The number of nitrogens with zero attached hydrogens (tertiary/aromatic N) is 2. The quantitative estimate of drug-likeness (QED) is 0.606. The molecule has 0 aliphatic rings. The van der Waals surface area contributed by atoms with Crippen molar-refractivity contribution in [3.05, 3.63) is 69.8 Å². The van der Waals surface area contributed by atoms with Crippen molar-refractivity contribution in [1.29, 1.82) is 0 Å². The van der Waals surface area contributed by atoms with Gasteiger partial charge in [0.2, 0.25) is 0 Å². The topological polar surface area (TPSA) is 20.2 Å². The van der Waals surface area contributed by atoms with Crippen molar-refractivity contribution in [2.24, 2.45) is 0 Å². The highest BCUT2D eigenvalue weighted by Gasteiger charge is 2.09. The molecule has 1 N–H and O–H groups in total. The minimum atomic E-state index is 0.591. The molecule has 0 radical (unpaired) electrons. The number of hydrogen-bond donors (Lipinski definition) is 1. The van der Waals surface area contributed by atoms with E-state index < -0.39 is 0 Å².